The summed E-state index contributed by atoms with van der Waals surface area (Å²) in [5.41, 5.74) is 6.69. The molecule has 0 heterocycles. The van der Waals surface area contributed by atoms with Gasteiger partial charge in [0.2, 0.25) is 0 Å². The van der Waals surface area contributed by atoms with E-state index in [9.17, 15) is 8.78 Å². The van der Waals surface area contributed by atoms with Gasteiger partial charge in [0, 0.05) is 0 Å². The van der Waals surface area contributed by atoms with Crippen molar-refractivity contribution in [3.05, 3.63) is 40.0 Å². The SMILES string of the molecule is Cc1c(C)c(C)c(OC2CCC(C3CCC(CC=C(F)F)CC3)CC2)c(C)c1C. The van der Waals surface area contributed by atoms with Crippen LogP contribution in [0, 0.1) is 52.4 Å². The van der Waals surface area contributed by atoms with Crippen LogP contribution >= 0.6 is 0 Å². The van der Waals surface area contributed by atoms with Crippen LogP contribution in [0.3, 0.4) is 0 Å². The van der Waals surface area contributed by atoms with Crippen molar-refractivity contribution < 1.29 is 13.5 Å². The van der Waals surface area contributed by atoms with Crippen LogP contribution in [0.1, 0.15) is 85.6 Å². The van der Waals surface area contributed by atoms with Gasteiger partial charge in [0.1, 0.15) is 5.75 Å². The molecule has 0 unspecified atom stereocenters. The van der Waals surface area contributed by atoms with E-state index in [1.165, 1.54) is 53.5 Å². The lowest BCUT2D eigenvalue weighted by Crippen LogP contribution is -2.30. The molecule has 2 aliphatic carbocycles. The van der Waals surface area contributed by atoms with Crippen molar-refractivity contribution in [1.29, 1.82) is 0 Å². The van der Waals surface area contributed by atoms with Crippen LogP contribution < -0.4 is 4.74 Å². The lowest BCUT2D eigenvalue weighted by Gasteiger charge is -2.38. The highest BCUT2D eigenvalue weighted by Gasteiger charge is 2.31. The Morgan fingerprint density at radius 3 is 1.66 bits per heavy atom. The van der Waals surface area contributed by atoms with E-state index in [1.807, 2.05) is 0 Å². The first-order valence-corrected chi connectivity index (χ1v) is 11.5. The minimum atomic E-state index is -1.52. The highest BCUT2D eigenvalue weighted by molar-refractivity contribution is 5.53. The Bertz CT molecular complexity index is 703. The average molecular weight is 405 g/mol. The Hall–Kier alpha value is -1.38. The maximum absolute atomic E-state index is 12.3. The van der Waals surface area contributed by atoms with Crippen molar-refractivity contribution in [2.24, 2.45) is 17.8 Å². The molecule has 2 saturated carbocycles. The fourth-order valence-electron chi connectivity index (χ4n) is 5.64. The van der Waals surface area contributed by atoms with E-state index in [0.717, 1.165) is 49.3 Å². The van der Waals surface area contributed by atoms with Gasteiger partial charge in [-0.1, -0.05) is 0 Å². The third-order valence-electron chi connectivity index (χ3n) is 8.10. The Labute approximate surface area is 175 Å². The second-order valence-electron chi connectivity index (χ2n) is 9.62. The minimum Gasteiger partial charge on any atom is -0.490 e. The molecule has 29 heavy (non-hydrogen) atoms. The molecule has 3 heteroatoms. The van der Waals surface area contributed by atoms with Gasteiger partial charge in [0.05, 0.1) is 6.10 Å². The molecule has 2 fully saturated rings. The maximum Gasteiger partial charge on any atom is 0.266 e. The molecule has 0 saturated heterocycles. The minimum absolute atomic E-state index is 0.333. The number of benzene rings is 1. The largest absolute Gasteiger partial charge is 0.490 e. The predicted molar refractivity (Wildman–Crippen MR) is 117 cm³/mol. The fraction of sp³-hybridized carbons (Fsp3) is 0.692. The summed E-state index contributed by atoms with van der Waals surface area (Å²) in [6, 6.07) is 0. The number of hydrogen-bond acceptors (Lipinski definition) is 1. The van der Waals surface area contributed by atoms with Crippen molar-refractivity contribution in [3.63, 3.8) is 0 Å². The molecule has 1 aromatic rings. The number of rotatable bonds is 5. The number of halogens is 2. The van der Waals surface area contributed by atoms with Gasteiger partial charge in [-0.15, -0.1) is 0 Å². The van der Waals surface area contributed by atoms with E-state index < -0.39 is 6.08 Å². The number of hydrogen-bond donors (Lipinski definition) is 0. The molecule has 3 rings (SSSR count). The zero-order valence-electron chi connectivity index (χ0n) is 18.9. The molecule has 0 atom stereocenters. The summed E-state index contributed by atoms with van der Waals surface area (Å²) in [6.45, 7) is 11.0. The lowest BCUT2D eigenvalue weighted by atomic mass is 9.70. The van der Waals surface area contributed by atoms with Crippen LogP contribution in [-0.4, -0.2) is 6.10 Å². The molecular formula is C26H38F2O. The van der Waals surface area contributed by atoms with Gasteiger partial charge in [0.15, 0.2) is 0 Å². The van der Waals surface area contributed by atoms with E-state index >= 15 is 0 Å². The first-order chi connectivity index (χ1) is 13.8. The van der Waals surface area contributed by atoms with E-state index in [2.05, 4.69) is 34.6 Å². The standard InChI is InChI=1S/C26H38F2O/c1-16-17(2)19(4)26(20(5)18(16)3)29-24-13-11-23(12-14-24)22-9-6-21(7-10-22)8-15-25(27)28/h15,21-24H,6-14H2,1-5H3. The van der Waals surface area contributed by atoms with E-state index in [-0.39, 0.29) is 0 Å². The van der Waals surface area contributed by atoms with Crippen LogP contribution in [0.5, 0.6) is 5.75 Å². The Kier molecular flexibility index (Phi) is 7.40. The smallest absolute Gasteiger partial charge is 0.266 e. The third kappa shape index (κ3) is 5.22. The van der Waals surface area contributed by atoms with Gasteiger partial charge < -0.3 is 4.74 Å². The second-order valence-corrected chi connectivity index (χ2v) is 9.62. The molecule has 0 radical (unpaired) electrons. The van der Waals surface area contributed by atoms with Crippen LogP contribution in [-0.2, 0) is 0 Å². The summed E-state index contributed by atoms with van der Waals surface area (Å²) in [7, 11) is 0. The van der Waals surface area contributed by atoms with E-state index in [4.69, 9.17) is 4.74 Å². The summed E-state index contributed by atoms with van der Waals surface area (Å²) in [4.78, 5) is 0. The van der Waals surface area contributed by atoms with Crippen molar-refractivity contribution in [2.75, 3.05) is 0 Å². The molecule has 162 valence electrons. The zero-order chi connectivity index (χ0) is 21.1. The molecule has 0 N–H and O–H groups in total. The Morgan fingerprint density at radius 2 is 1.17 bits per heavy atom. The Morgan fingerprint density at radius 1 is 0.724 bits per heavy atom. The monoisotopic (exact) mass is 404 g/mol. The molecule has 1 nitrogen and oxygen atoms in total. The normalized spacial score (nSPS) is 27.6. The van der Waals surface area contributed by atoms with Gasteiger partial charge >= 0.3 is 0 Å². The Balaban J connectivity index is 1.51. The van der Waals surface area contributed by atoms with Gasteiger partial charge in [-0.25, -0.2) is 0 Å². The van der Waals surface area contributed by atoms with Crippen molar-refractivity contribution >= 4 is 0 Å². The highest BCUT2D eigenvalue weighted by atomic mass is 19.3. The van der Waals surface area contributed by atoms with E-state index in [0.29, 0.717) is 18.4 Å². The van der Waals surface area contributed by atoms with Gasteiger partial charge in [-0.2, -0.15) is 8.78 Å². The molecule has 2 aliphatic rings. The molecule has 0 bridgehead atoms. The van der Waals surface area contributed by atoms with Crippen molar-refractivity contribution in [2.45, 2.75) is 98.5 Å². The summed E-state index contributed by atoms with van der Waals surface area (Å²) >= 11 is 0. The van der Waals surface area contributed by atoms with Crippen LogP contribution in [0.4, 0.5) is 8.78 Å². The van der Waals surface area contributed by atoms with Crippen LogP contribution in [0.25, 0.3) is 0 Å². The van der Waals surface area contributed by atoms with Gasteiger partial charge in [-0.3, -0.25) is 0 Å². The summed E-state index contributed by atoms with van der Waals surface area (Å²) < 4.78 is 31.2. The zero-order valence-corrected chi connectivity index (χ0v) is 18.9. The van der Waals surface area contributed by atoms with Crippen LogP contribution in [0.15, 0.2) is 12.2 Å². The summed E-state index contributed by atoms with van der Waals surface area (Å²) in [5, 5.41) is 0. The first-order valence-electron chi connectivity index (χ1n) is 11.5. The first kappa shape index (κ1) is 22.3. The van der Waals surface area contributed by atoms with Crippen LogP contribution in [0.2, 0.25) is 0 Å². The topological polar surface area (TPSA) is 9.23 Å². The highest BCUT2D eigenvalue weighted by Crippen LogP contribution is 2.42. The van der Waals surface area contributed by atoms with E-state index in [1.54, 1.807) is 0 Å². The average Bonchev–Trinajstić information content (AvgIpc) is 2.73. The second kappa shape index (κ2) is 9.62. The molecular weight excluding hydrogens is 366 g/mol. The fourth-order valence-corrected chi connectivity index (χ4v) is 5.64. The van der Waals surface area contributed by atoms with Gasteiger partial charge in [0.25, 0.3) is 6.08 Å². The summed E-state index contributed by atoms with van der Waals surface area (Å²) in [6.07, 6.45) is 9.95. The molecule has 0 aliphatic heterocycles. The van der Waals surface area contributed by atoms with Crippen molar-refractivity contribution in [1.82, 2.24) is 0 Å². The molecule has 0 aromatic heterocycles. The molecule has 0 spiro atoms. The third-order valence-corrected chi connectivity index (χ3v) is 8.10. The number of allylic oxidation sites excluding steroid dienone is 1. The maximum atomic E-state index is 12.3. The predicted octanol–water partition coefficient (Wildman–Crippen LogP) is 8.14. The van der Waals surface area contributed by atoms with Gasteiger partial charge in [-0.05, 0) is 144 Å². The quantitative estimate of drug-likeness (QED) is 0.481. The number of ether oxygens (including phenoxy) is 1. The lowest BCUT2D eigenvalue weighted by molar-refractivity contribution is 0.0914. The summed E-state index contributed by atoms with van der Waals surface area (Å²) in [5.74, 6) is 3.17. The molecule has 0 amide bonds. The van der Waals surface area contributed by atoms with Crippen molar-refractivity contribution in [3.8, 4) is 5.75 Å². The molecule has 1 aromatic carbocycles.